The Balaban J connectivity index is 2.34. The van der Waals surface area contributed by atoms with Crippen molar-refractivity contribution in [3.8, 4) is 5.69 Å². The molecule has 0 bridgehead atoms. The van der Waals surface area contributed by atoms with Crippen molar-refractivity contribution in [2.45, 2.75) is 19.9 Å². The molecule has 2 aromatic rings. The van der Waals surface area contributed by atoms with Gasteiger partial charge in [0.05, 0.1) is 12.2 Å². The fourth-order valence-corrected chi connectivity index (χ4v) is 2.97. The van der Waals surface area contributed by atoms with Gasteiger partial charge in [-0.2, -0.15) is 0 Å². The van der Waals surface area contributed by atoms with Gasteiger partial charge in [0.2, 0.25) is 0 Å². The van der Waals surface area contributed by atoms with Crippen LogP contribution in [-0.4, -0.2) is 41.3 Å². The summed E-state index contributed by atoms with van der Waals surface area (Å²) in [5.41, 5.74) is 2.99. The van der Waals surface area contributed by atoms with Gasteiger partial charge in [-0.25, -0.2) is 4.79 Å². The predicted octanol–water partition coefficient (Wildman–Crippen LogP) is 2.69. The van der Waals surface area contributed by atoms with Crippen molar-refractivity contribution in [2.75, 3.05) is 13.7 Å². The normalized spacial score (nSPS) is 12.0. The summed E-state index contributed by atoms with van der Waals surface area (Å²) in [4.78, 5) is 23.6. The maximum atomic E-state index is 12.5. The van der Waals surface area contributed by atoms with E-state index in [1.54, 1.807) is 6.07 Å². The zero-order valence-electron chi connectivity index (χ0n) is 13.7. The summed E-state index contributed by atoms with van der Waals surface area (Å²) >= 11 is 3.44. The first-order valence-electron chi connectivity index (χ1n) is 7.32. The van der Waals surface area contributed by atoms with Crippen LogP contribution in [0.15, 0.2) is 34.8 Å². The van der Waals surface area contributed by atoms with Crippen molar-refractivity contribution in [3.63, 3.8) is 0 Å². The monoisotopic (exact) mass is 394 g/mol. The molecule has 1 amide bonds. The molecule has 1 heterocycles. The van der Waals surface area contributed by atoms with Crippen molar-refractivity contribution in [3.05, 3.63) is 51.8 Å². The van der Waals surface area contributed by atoms with Crippen LogP contribution in [0.1, 0.15) is 21.7 Å². The molecule has 7 heteroatoms. The van der Waals surface area contributed by atoms with E-state index in [2.05, 4.69) is 21.2 Å². The van der Waals surface area contributed by atoms with Crippen LogP contribution in [0.3, 0.4) is 0 Å². The molecule has 0 saturated heterocycles. The molecule has 0 aliphatic heterocycles. The Bertz CT molecular complexity index is 770. The first-order valence-corrected chi connectivity index (χ1v) is 8.12. The number of aryl methyl sites for hydroxylation is 1. The van der Waals surface area contributed by atoms with Gasteiger partial charge < -0.3 is 19.7 Å². The predicted molar refractivity (Wildman–Crippen MR) is 93.7 cm³/mol. The zero-order chi connectivity index (χ0) is 17.9. The molecule has 0 radical (unpaired) electrons. The van der Waals surface area contributed by atoms with E-state index in [9.17, 15) is 9.59 Å². The Labute approximate surface area is 148 Å². The molecule has 0 aliphatic carbocycles. The SMILES string of the molecule is COCC(NC(=O)c1cc(C)n(-c2cccc(Br)c2)c1C)C(=O)O. The third kappa shape index (κ3) is 3.85. The maximum Gasteiger partial charge on any atom is 0.328 e. The number of halogens is 1. The van der Waals surface area contributed by atoms with Crippen molar-refractivity contribution in [1.82, 2.24) is 9.88 Å². The number of ether oxygens (including phenoxy) is 1. The number of benzene rings is 1. The van der Waals surface area contributed by atoms with Crippen molar-refractivity contribution in [2.24, 2.45) is 0 Å². The van der Waals surface area contributed by atoms with Gasteiger partial charge in [0, 0.05) is 28.7 Å². The lowest BCUT2D eigenvalue weighted by atomic mass is 10.2. The molecule has 1 aromatic heterocycles. The largest absolute Gasteiger partial charge is 0.480 e. The highest BCUT2D eigenvalue weighted by Crippen LogP contribution is 2.23. The van der Waals surface area contributed by atoms with Gasteiger partial charge in [-0.05, 0) is 38.1 Å². The molecule has 24 heavy (non-hydrogen) atoms. The second kappa shape index (κ2) is 7.63. The lowest BCUT2D eigenvalue weighted by Crippen LogP contribution is -2.43. The molecule has 128 valence electrons. The van der Waals surface area contributed by atoms with Crippen LogP contribution in [0.5, 0.6) is 0 Å². The van der Waals surface area contributed by atoms with E-state index in [0.717, 1.165) is 21.5 Å². The molecule has 1 atom stereocenters. The van der Waals surface area contributed by atoms with E-state index >= 15 is 0 Å². The van der Waals surface area contributed by atoms with E-state index in [-0.39, 0.29) is 6.61 Å². The second-order valence-electron chi connectivity index (χ2n) is 5.42. The van der Waals surface area contributed by atoms with Crippen LogP contribution in [-0.2, 0) is 9.53 Å². The van der Waals surface area contributed by atoms with Gasteiger partial charge in [-0.15, -0.1) is 0 Å². The molecule has 1 unspecified atom stereocenters. The molecule has 0 saturated carbocycles. The minimum absolute atomic E-state index is 0.0918. The number of nitrogens with one attached hydrogen (secondary N) is 1. The summed E-state index contributed by atoms with van der Waals surface area (Å²) in [6.07, 6.45) is 0. The summed E-state index contributed by atoms with van der Waals surface area (Å²) in [6, 6.07) is 8.39. The van der Waals surface area contributed by atoms with E-state index in [0.29, 0.717) is 5.56 Å². The summed E-state index contributed by atoms with van der Waals surface area (Å²) in [5, 5.41) is 11.6. The first kappa shape index (κ1) is 18.2. The fourth-order valence-electron chi connectivity index (χ4n) is 2.58. The number of hydrogen-bond acceptors (Lipinski definition) is 3. The smallest absolute Gasteiger partial charge is 0.328 e. The molecule has 0 aliphatic rings. The van der Waals surface area contributed by atoms with Crippen molar-refractivity contribution >= 4 is 27.8 Å². The minimum atomic E-state index is -1.13. The highest BCUT2D eigenvalue weighted by Gasteiger charge is 2.23. The standard InChI is InChI=1S/C17H19BrN2O4/c1-10-7-14(16(21)19-15(9-24-3)17(22)23)11(2)20(10)13-6-4-5-12(18)8-13/h4-8,15H,9H2,1-3H3,(H,19,21)(H,22,23). The number of carboxylic acids is 1. The molecule has 2 N–H and O–H groups in total. The van der Waals surface area contributed by atoms with Crippen molar-refractivity contribution < 1.29 is 19.4 Å². The number of methoxy groups -OCH3 is 1. The number of carbonyl (C=O) groups excluding carboxylic acids is 1. The molecule has 0 spiro atoms. The van der Waals surface area contributed by atoms with Gasteiger partial charge in [0.15, 0.2) is 6.04 Å². The zero-order valence-corrected chi connectivity index (χ0v) is 15.3. The molecule has 6 nitrogen and oxygen atoms in total. The Morgan fingerprint density at radius 2 is 2.04 bits per heavy atom. The van der Waals surface area contributed by atoms with Crippen LogP contribution in [0.4, 0.5) is 0 Å². The van der Waals surface area contributed by atoms with E-state index in [1.807, 2.05) is 42.7 Å². The van der Waals surface area contributed by atoms with Crippen LogP contribution >= 0.6 is 15.9 Å². The Hall–Kier alpha value is -2.12. The number of carboxylic acid groups (broad SMARTS) is 1. The van der Waals surface area contributed by atoms with Crippen molar-refractivity contribution in [1.29, 1.82) is 0 Å². The average Bonchev–Trinajstić information content (AvgIpc) is 2.81. The van der Waals surface area contributed by atoms with Crippen LogP contribution in [0.25, 0.3) is 5.69 Å². The van der Waals surface area contributed by atoms with Crippen LogP contribution in [0.2, 0.25) is 0 Å². The van der Waals surface area contributed by atoms with Gasteiger partial charge >= 0.3 is 5.97 Å². The molecule has 0 fully saturated rings. The summed E-state index contributed by atoms with van der Waals surface area (Å²) in [6.45, 7) is 3.63. The van der Waals surface area contributed by atoms with E-state index in [1.165, 1.54) is 7.11 Å². The number of aliphatic carboxylic acids is 1. The first-order chi connectivity index (χ1) is 11.3. The minimum Gasteiger partial charge on any atom is -0.480 e. The molecule has 1 aromatic carbocycles. The lowest BCUT2D eigenvalue weighted by molar-refractivity contribution is -0.140. The number of nitrogens with zero attached hydrogens (tertiary/aromatic N) is 1. The number of carbonyl (C=O) groups is 2. The van der Waals surface area contributed by atoms with Gasteiger partial charge in [0.25, 0.3) is 5.91 Å². The Morgan fingerprint density at radius 3 is 2.62 bits per heavy atom. The lowest BCUT2D eigenvalue weighted by Gasteiger charge is -2.14. The quantitative estimate of drug-likeness (QED) is 0.788. The highest BCUT2D eigenvalue weighted by atomic mass is 79.9. The second-order valence-corrected chi connectivity index (χ2v) is 6.34. The fraction of sp³-hybridized carbons (Fsp3) is 0.294. The third-order valence-corrected chi connectivity index (χ3v) is 4.17. The van der Waals surface area contributed by atoms with Crippen LogP contribution in [0, 0.1) is 13.8 Å². The van der Waals surface area contributed by atoms with Gasteiger partial charge in [-0.3, -0.25) is 4.79 Å². The summed E-state index contributed by atoms with van der Waals surface area (Å²) in [7, 11) is 1.39. The van der Waals surface area contributed by atoms with Gasteiger partial charge in [0.1, 0.15) is 0 Å². The number of hydrogen-bond donors (Lipinski definition) is 2. The third-order valence-electron chi connectivity index (χ3n) is 3.68. The molecular formula is C17H19BrN2O4. The highest BCUT2D eigenvalue weighted by molar-refractivity contribution is 9.10. The maximum absolute atomic E-state index is 12.5. The Morgan fingerprint density at radius 1 is 1.33 bits per heavy atom. The van der Waals surface area contributed by atoms with Crippen LogP contribution < -0.4 is 5.32 Å². The summed E-state index contributed by atoms with van der Waals surface area (Å²) in [5.74, 6) is -1.57. The summed E-state index contributed by atoms with van der Waals surface area (Å²) < 4.78 is 7.72. The number of amides is 1. The average molecular weight is 395 g/mol. The van der Waals surface area contributed by atoms with Gasteiger partial charge in [-0.1, -0.05) is 22.0 Å². The molecule has 2 rings (SSSR count). The Kier molecular flexibility index (Phi) is 5.80. The number of aromatic nitrogens is 1. The van der Waals surface area contributed by atoms with E-state index < -0.39 is 17.9 Å². The topological polar surface area (TPSA) is 80.6 Å². The number of rotatable bonds is 6. The molecular weight excluding hydrogens is 376 g/mol. The van der Waals surface area contributed by atoms with E-state index in [4.69, 9.17) is 9.84 Å².